The third kappa shape index (κ3) is 9.37. The predicted molar refractivity (Wildman–Crippen MR) is 120 cm³/mol. The number of anilines is 2. The first-order valence-electron chi connectivity index (χ1n) is 9.36. The molecule has 3 N–H and O–H groups in total. The SMILES string of the molecule is CC.CCC(=NC)N/N=C(\C)c1ccco1.CNc1ccc(C=O)cc1NC=O. The Hall–Kier alpha value is -3.42. The van der Waals surface area contributed by atoms with Crippen LogP contribution >= 0.6 is 0 Å². The van der Waals surface area contributed by atoms with Crippen LogP contribution in [-0.4, -0.2) is 38.3 Å². The van der Waals surface area contributed by atoms with E-state index in [1.165, 1.54) is 0 Å². The summed E-state index contributed by atoms with van der Waals surface area (Å²) in [4.78, 5) is 24.7. The minimum absolute atomic E-state index is 0.531. The maximum atomic E-state index is 10.4. The molecule has 0 fully saturated rings. The van der Waals surface area contributed by atoms with Gasteiger partial charge < -0.3 is 15.1 Å². The summed E-state index contributed by atoms with van der Waals surface area (Å²) in [5.74, 6) is 1.62. The zero-order chi connectivity index (χ0) is 22.1. The molecule has 158 valence electrons. The minimum atomic E-state index is 0.531. The summed E-state index contributed by atoms with van der Waals surface area (Å²) < 4.78 is 5.18. The van der Waals surface area contributed by atoms with Gasteiger partial charge in [0.05, 0.1) is 17.6 Å². The average Bonchev–Trinajstić information content (AvgIpc) is 3.31. The Morgan fingerprint density at radius 3 is 2.38 bits per heavy atom. The van der Waals surface area contributed by atoms with Gasteiger partial charge in [-0.05, 0) is 37.3 Å². The molecule has 1 aromatic heterocycles. The largest absolute Gasteiger partial charge is 0.463 e. The number of carbonyl (C=O) groups is 2. The molecule has 0 atom stereocenters. The van der Waals surface area contributed by atoms with Crippen molar-refractivity contribution in [1.82, 2.24) is 5.43 Å². The molecule has 8 heteroatoms. The Bertz CT molecular complexity index is 784. The van der Waals surface area contributed by atoms with Gasteiger partial charge in [-0.2, -0.15) is 5.10 Å². The molecule has 0 radical (unpaired) electrons. The zero-order valence-electron chi connectivity index (χ0n) is 17.9. The lowest BCUT2D eigenvalue weighted by atomic mass is 10.2. The van der Waals surface area contributed by atoms with Crippen molar-refractivity contribution in [2.75, 3.05) is 24.7 Å². The second-order valence-corrected chi connectivity index (χ2v) is 5.25. The first-order chi connectivity index (χ1) is 14.1. The smallest absolute Gasteiger partial charge is 0.211 e. The van der Waals surface area contributed by atoms with E-state index in [9.17, 15) is 9.59 Å². The number of hydrogen-bond acceptors (Lipinski definition) is 6. The third-order valence-electron chi connectivity index (χ3n) is 3.50. The van der Waals surface area contributed by atoms with Crippen LogP contribution in [0.2, 0.25) is 0 Å². The van der Waals surface area contributed by atoms with E-state index in [2.05, 4.69) is 26.2 Å². The van der Waals surface area contributed by atoms with Crippen LogP contribution in [0.1, 0.15) is 50.2 Å². The molecule has 0 bridgehead atoms. The number of hydrogen-bond donors (Lipinski definition) is 3. The number of aliphatic imine (C=N–C) groups is 1. The highest BCUT2D eigenvalue weighted by Crippen LogP contribution is 2.21. The van der Waals surface area contributed by atoms with Crippen molar-refractivity contribution in [3.05, 3.63) is 47.9 Å². The molecule has 0 aliphatic carbocycles. The van der Waals surface area contributed by atoms with Crippen LogP contribution in [0, 0.1) is 0 Å². The van der Waals surface area contributed by atoms with Crippen LogP contribution in [0.25, 0.3) is 0 Å². The van der Waals surface area contributed by atoms with Crippen molar-refractivity contribution in [1.29, 1.82) is 0 Å². The molecule has 0 aliphatic heterocycles. The molecular weight excluding hydrogens is 370 g/mol. The summed E-state index contributed by atoms with van der Waals surface area (Å²) in [6, 6.07) is 8.72. The van der Waals surface area contributed by atoms with Gasteiger partial charge in [-0.3, -0.25) is 20.0 Å². The van der Waals surface area contributed by atoms with E-state index < -0.39 is 0 Å². The minimum Gasteiger partial charge on any atom is -0.463 e. The fourth-order valence-electron chi connectivity index (χ4n) is 2.01. The first kappa shape index (κ1) is 25.6. The molecule has 0 unspecified atom stereocenters. The van der Waals surface area contributed by atoms with Gasteiger partial charge in [-0.1, -0.05) is 20.8 Å². The number of hydrazone groups is 1. The maximum Gasteiger partial charge on any atom is 0.211 e. The highest BCUT2D eigenvalue weighted by Gasteiger charge is 2.01. The van der Waals surface area contributed by atoms with E-state index in [0.29, 0.717) is 17.7 Å². The van der Waals surface area contributed by atoms with E-state index in [1.54, 1.807) is 38.6 Å². The van der Waals surface area contributed by atoms with Gasteiger partial charge >= 0.3 is 0 Å². The molecule has 1 amide bonds. The topological polar surface area (TPSA) is 108 Å². The Morgan fingerprint density at radius 1 is 1.17 bits per heavy atom. The van der Waals surface area contributed by atoms with Crippen molar-refractivity contribution < 1.29 is 14.0 Å². The van der Waals surface area contributed by atoms with Crippen LogP contribution < -0.4 is 16.1 Å². The number of rotatable bonds is 7. The van der Waals surface area contributed by atoms with E-state index in [4.69, 9.17) is 4.42 Å². The molecule has 8 nitrogen and oxygen atoms in total. The van der Waals surface area contributed by atoms with Crippen molar-refractivity contribution in [2.45, 2.75) is 34.1 Å². The lowest BCUT2D eigenvalue weighted by Crippen LogP contribution is -2.18. The lowest BCUT2D eigenvalue weighted by Gasteiger charge is -2.07. The number of carbonyl (C=O) groups excluding carboxylic acids is 2. The molecule has 0 spiro atoms. The second-order valence-electron chi connectivity index (χ2n) is 5.25. The van der Waals surface area contributed by atoms with Gasteiger partial charge in [0.1, 0.15) is 23.6 Å². The maximum absolute atomic E-state index is 10.4. The number of aldehydes is 1. The van der Waals surface area contributed by atoms with Crippen molar-refractivity contribution in [3.8, 4) is 0 Å². The van der Waals surface area contributed by atoms with Crippen molar-refractivity contribution >= 4 is 35.6 Å². The fourth-order valence-corrected chi connectivity index (χ4v) is 2.01. The summed E-state index contributed by atoms with van der Waals surface area (Å²) >= 11 is 0. The van der Waals surface area contributed by atoms with Gasteiger partial charge in [0, 0.05) is 26.1 Å². The van der Waals surface area contributed by atoms with E-state index >= 15 is 0 Å². The van der Waals surface area contributed by atoms with E-state index in [0.717, 1.165) is 35.7 Å². The summed E-state index contributed by atoms with van der Waals surface area (Å²) in [5.41, 5.74) is 5.60. The van der Waals surface area contributed by atoms with Gasteiger partial charge in [-0.25, -0.2) is 0 Å². The summed E-state index contributed by atoms with van der Waals surface area (Å²) in [6.45, 7) is 7.90. The lowest BCUT2D eigenvalue weighted by molar-refractivity contribution is -0.105. The Labute approximate surface area is 172 Å². The monoisotopic (exact) mass is 401 g/mol. The molecule has 2 aromatic rings. The Morgan fingerprint density at radius 2 is 1.90 bits per heavy atom. The summed E-state index contributed by atoms with van der Waals surface area (Å²) in [6.07, 6.45) is 3.77. The number of nitrogens with one attached hydrogen (secondary N) is 3. The predicted octanol–water partition coefficient (Wildman–Crippen LogP) is 4.17. The normalized spacial score (nSPS) is 10.6. The highest BCUT2D eigenvalue weighted by molar-refractivity contribution is 5.97. The second kappa shape index (κ2) is 15.6. The number of amides is 1. The molecule has 1 aromatic carbocycles. The zero-order valence-corrected chi connectivity index (χ0v) is 17.9. The molecular formula is C21H31N5O3. The van der Waals surface area contributed by atoms with Crippen LogP contribution in [0.15, 0.2) is 51.1 Å². The molecule has 1 heterocycles. The van der Waals surface area contributed by atoms with Crippen molar-refractivity contribution in [2.24, 2.45) is 10.1 Å². The van der Waals surface area contributed by atoms with E-state index in [-0.39, 0.29) is 0 Å². The number of nitrogens with zero attached hydrogens (tertiary/aromatic N) is 2. The van der Waals surface area contributed by atoms with Gasteiger partial charge in [-0.15, -0.1) is 0 Å². The fraction of sp³-hybridized carbons (Fsp3) is 0.333. The van der Waals surface area contributed by atoms with Crippen LogP contribution in [0.5, 0.6) is 0 Å². The molecule has 0 saturated heterocycles. The summed E-state index contributed by atoms with van der Waals surface area (Å²) in [5, 5.41) is 9.54. The van der Waals surface area contributed by atoms with E-state index in [1.807, 2.05) is 39.8 Å². The Kier molecular flexibility index (Phi) is 13.8. The average molecular weight is 402 g/mol. The third-order valence-corrected chi connectivity index (χ3v) is 3.50. The summed E-state index contributed by atoms with van der Waals surface area (Å²) in [7, 11) is 3.48. The molecule has 0 aliphatic rings. The van der Waals surface area contributed by atoms with Gasteiger partial charge in [0.2, 0.25) is 6.41 Å². The molecule has 0 saturated carbocycles. The van der Waals surface area contributed by atoms with Crippen LogP contribution in [0.4, 0.5) is 11.4 Å². The first-order valence-corrected chi connectivity index (χ1v) is 9.36. The number of benzene rings is 1. The highest BCUT2D eigenvalue weighted by atomic mass is 16.3. The Balaban J connectivity index is 0.000000499. The molecule has 2 rings (SSSR count). The standard InChI is InChI=1S/C10H15N3O.C9H10N2O2.C2H6/c1-4-10(11-3)13-12-8(2)9-6-5-7-14-9;1-10-8-3-2-7(5-12)4-9(8)11-6-13;1-2/h5-7H,4H2,1-3H3,(H,11,13);2-6,10H,1H3,(H,11,13);1-2H3/b12-8+;;. The quantitative estimate of drug-likeness (QED) is 0.279. The molecule has 29 heavy (non-hydrogen) atoms. The van der Waals surface area contributed by atoms with Crippen LogP contribution in [0.3, 0.4) is 0 Å². The number of amidine groups is 1. The van der Waals surface area contributed by atoms with Gasteiger partial charge in [0.15, 0.2) is 0 Å². The van der Waals surface area contributed by atoms with Crippen molar-refractivity contribution in [3.63, 3.8) is 0 Å². The number of furan rings is 1. The van der Waals surface area contributed by atoms with Crippen LogP contribution in [-0.2, 0) is 4.79 Å². The van der Waals surface area contributed by atoms with Gasteiger partial charge in [0.25, 0.3) is 0 Å².